The molecule has 1 rings (SSSR count). The maximum absolute atomic E-state index is 9.98. The van der Waals surface area contributed by atoms with E-state index in [0.29, 0.717) is 17.0 Å². The van der Waals surface area contributed by atoms with E-state index in [-0.39, 0.29) is 0 Å². The minimum absolute atomic E-state index is 0.322. The summed E-state index contributed by atoms with van der Waals surface area (Å²) in [6.07, 6.45) is 0.547. The van der Waals surface area contributed by atoms with Crippen LogP contribution in [0.15, 0.2) is 24.3 Å². The Bertz CT molecular complexity index is 346. The van der Waals surface area contributed by atoms with E-state index in [4.69, 9.17) is 11.6 Å². The Balaban J connectivity index is 2.36. The van der Waals surface area contributed by atoms with Gasteiger partial charge in [0, 0.05) is 17.1 Å². The lowest BCUT2D eigenvalue weighted by molar-refractivity contribution is 0.173. The SMILES string of the molecule is CC(C)(C)CCNCC(O)c1ccccc1Cl. The third-order valence-electron chi connectivity index (χ3n) is 2.65. The van der Waals surface area contributed by atoms with Crippen LogP contribution in [-0.2, 0) is 0 Å². The maximum Gasteiger partial charge on any atom is 0.0928 e. The van der Waals surface area contributed by atoms with E-state index >= 15 is 0 Å². The maximum atomic E-state index is 9.98. The summed E-state index contributed by atoms with van der Waals surface area (Å²) in [5.41, 5.74) is 1.11. The third kappa shape index (κ3) is 5.53. The number of hydrogen-bond acceptors (Lipinski definition) is 2. The van der Waals surface area contributed by atoms with Gasteiger partial charge >= 0.3 is 0 Å². The summed E-state index contributed by atoms with van der Waals surface area (Å²) in [5, 5.41) is 13.9. The van der Waals surface area contributed by atoms with Crippen LogP contribution in [0.5, 0.6) is 0 Å². The number of aliphatic hydroxyl groups is 1. The van der Waals surface area contributed by atoms with Crippen molar-refractivity contribution in [3.63, 3.8) is 0 Å². The number of aliphatic hydroxyl groups excluding tert-OH is 1. The predicted octanol–water partition coefficient (Wildman–Crippen LogP) is 3.40. The molecule has 0 fully saturated rings. The van der Waals surface area contributed by atoms with Gasteiger partial charge in [-0.15, -0.1) is 0 Å². The van der Waals surface area contributed by atoms with Gasteiger partial charge in [0.15, 0.2) is 0 Å². The van der Waals surface area contributed by atoms with Gasteiger partial charge in [-0.25, -0.2) is 0 Å². The standard InChI is InChI=1S/C14H22ClNO/c1-14(2,3)8-9-16-10-13(17)11-6-4-5-7-12(11)15/h4-7,13,16-17H,8-10H2,1-3H3. The zero-order valence-electron chi connectivity index (χ0n) is 10.8. The molecule has 0 amide bonds. The Morgan fingerprint density at radius 3 is 2.53 bits per heavy atom. The van der Waals surface area contributed by atoms with Crippen molar-refractivity contribution in [2.24, 2.45) is 5.41 Å². The average Bonchev–Trinajstić information content (AvgIpc) is 2.23. The van der Waals surface area contributed by atoms with Crippen LogP contribution in [-0.4, -0.2) is 18.2 Å². The zero-order valence-corrected chi connectivity index (χ0v) is 11.6. The predicted molar refractivity (Wildman–Crippen MR) is 73.4 cm³/mol. The molecule has 0 aliphatic rings. The number of halogens is 1. The molecular formula is C14H22ClNO. The number of nitrogens with one attached hydrogen (secondary N) is 1. The average molecular weight is 256 g/mol. The van der Waals surface area contributed by atoms with Gasteiger partial charge < -0.3 is 10.4 Å². The fraction of sp³-hybridized carbons (Fsp3) is 0.571. The van der Waals surface area contributed by atoms with E-state index in [1.807, 2.05) is 18.2 Å². The lowest BCUT2D eigenvalue weighted by atomic mass is 9.92. The molecule has 0 bridgehead atoms. The summed E-state index contributed by atoms with van der Waals surface area (Å²) in [6.45, 7) is 8.07. The molecule has 0 saturated heterocycles. The van der Waals surface area contributed by atoms with Crippen molar-refractivity contribution in [2.45, 2.75) is 33.3 Å². The highest BCUT2D eigenvalue weighted by Crippen LogP contribution is 2.22. The van der Waals surface area contributed by atoms with E-state index in [1.165, 1.54) is 0 Å². The monoisotopic (exact) mass is 255 g/mol. The first-order chi connectivity index (χ1) is 7.90. The van der Waals surface area contributed by atoms with Gasteiger partial charge in [0.2, 0.25) is 0 Å². The van der Waals surface area contributed by atoms with Crippen molar-refractivity contribution < 1.29 is 5.11 Å². The van der Waals surface area contributed by atoms with Crippen LogP contribution < -0.4 is 5.32 Å². The Hall–Kier alpha value is -0.570. The van der Waals surface area contributed by atoms with Crippen LogP contribution in [0, 0.1) is 5.41 Å². The molecule has 0 aromatic heterocycles. The van der Waals surface area contributed by atoms with Crippen LogP contribution in [0.2, 0.25) is 5.02 Å². The molecule has 1 unspecified atom stereocenters. The molecule has 2 N–H and O–H groups in total. The minimum atomic E-state index is -0.538. The van der Waals surface area contributed by atoms with Crippen molar-refractivity contribution in [3.05, 3.63) is 34.9 Å². The van der Waals surface area contributed by atoms with E-state index in [2.05, 4.69) is 26.1 Å². The third-order valence-corrected chi connectivity index (χ3v) is 3.00. The Morgan fingerprint density at radius 2 is 1.94 bits per heavy atom. The van der Waals surface area contributed by atoms with Crippen molar-refractivity contribution in [1.29, 1.82) is 0 Å². The van der Waals surface area contributed by atoms with Gasteiger partial charge in [-0.3, -0.25) is 0 Å². The number of rotatable bonds is 5. The molecular weight excluding hydrogens is 234 g/mol. The van der Waals surface area contributed by atoms with Crippen molar-refractivity contribution >= 4 is 11.6 Å². The molecule has 0 aliphatic carbocycles. The molecule has 1 aromatic rings. The molecule has 96 valence electrons. The number of hydrogen-bond donors (Lipinski definition) is 2. The molecule has 17 heavy (non-hydrogen) atoms. The van der Waals surface area contributed by atoms with Crippen LogP contribution in [0.4, 0.5) is 0 Å². The van der Waals surface area contributed by atoms with Crippen LogP contribution in [0.3, 0.4) is 0 Å². The second kappa shape index (κ2) is 6.39. The lowest BCUT2D eigenvalue weighted by Crippen LogP contribution is -2.25. The normalized spacial score (nSPS) is 13.7. The Morgan fingerprint density at radius 1 is 1.29 bits per heavy atom. The fourth-order valence-electron chi connectivity index (χ4n) is 1.56. The Labute approximate surface area is 109 Å². The van der Waals surface area contributed by atoms with E-state index in [9.17, 15) is 5.11 Å². The number of benzene rings is 1. The van der Waals surface area contributed by atoms with E-state index in [0.717, 1.165) is 18.5 Å². The molecule has 0 aliphatic heterocycles. The molecule has 0 saturated carbocycles. The first kappa shape index (κ1) is 14.5. The largest absolute Gasteiger partial charge is 0.387 e. The quantitative estimate of drug-likeness (QED) is 0.791. The Kier molecular flexibility index (Phi) is 5.44. The van der Waals surface area contributed by atoms with Gasteiger partial charge in [-0.05, 0) is 24.4 Å². The highest BCUT2D eigenvalue weighted by atomic mass is 35.5. The summed E-state index contributed by atoms with van der Waals surface area (Å²) in [4.78, 5) is 0. The topological polar surface area (TPSA) is 32.3 Å². The molecule has 1 aromatic carbocycles. The summed E-state index contributed by atoms with van der Waals surface area (Å²) >= 11 is 6.02. The minimum Gasteiger partial charge on any atom is -0.387 e. The van der Waals surface area contributed by atoms with Gasteiger partial charge in [0.05, 0.1) is 6.10 Å². The highest BCUT2D eigenvalue weighted by Gasteiger charge is 2.12. The molecule has 0 radical (unpaired) electrons. The van der Waals surface area contributed by atoms with E-state index < -0.39 is 6.10 Å². The second-order valence-corrected chi connectivity index (χ2v) is 5.96. The smallest absolute Gasteiger partial charge is 0.0928 e. The van der Waals surface area contributed by atoms with Crippen LogP contribution in [0.1, 0.15) is 38.9 Å². The first-order valence-corrected chi connectivity index (χ1v) is 6.41. The van der Waals surface area contributed by atoms with Crippen molar-refractivity contribution in [2.75, 3.05) is 13.1 Å². The van der Waals surface area contributed by atoms with Gasteiger partial charge in [0.25, 0.3) is 0 Å². The van der Waals surface area contributed by atoms with Crippen molar-refractivity contribution in [3.8, 4) is 0 Å². The van der Waals surface area contributed by atoms with E-state index in [1.54, 1.807) is 6.07 Å². The first-order valence-electron chi connectivity index (χ1n) is 6.03. The summed E-state index contributed by atoms with van der Waals surface area (Å²) in [5.74, 6) is 0. The van der Waals surface area contributed by atoms with Crippen LogP contribution in [0.25, 0.3) is 0 Å². The summed E-state index contributed by atoms with van der Waals surface area (Å²) in [7, 11) is 0. The zero-order chi connectivity index (χ0) is 12.9. The highest BCUT2D eigenvalue weighted by molar-refractivity contribution is 6.31. The summed E-state index contributed by atoms with van der Waals surface area (Å²) < 4.78 is 0. The fourth-order valence-corrected chi connectivity index (χ4v) is 1.82. The molecule has 0 spiro atoms. The van der Waals surface area contributed by atoms with Crippen LogP contribution >= 0.6 is 11.6 Å². The molecule has 0 heterocycles. The summed E-state index contributed by atoms with van der Waals surface area (Å²) in [6, 6.07) is 7.42. The molecule has 3 heteroatoms. The van der Waals surface area contributed by atoms with Gasteiger partial charge in [-0.1, -0.05) is 50.6 Å². The van der Waals surface area contributed by atoms with Crippen molar-refractivity contribution in [1.82, 2.24) is 5.32 Å². The molecule has 1 atom stereocenters. The lowest BCUT2D eigenvalue weighted by Gasteiger charge is -2.19. The van der Waals surface area contributed by atoms with Gasteiger partial charge in [0.1, 0.15) is 0 Å². The molecule has 2 nitrogen and oxygen atoms in total. The van der Waals surface area contributed by atoms with Gasteiger partial charge in [-0.2, -0.15) is 0 Å². The second-order valence-electron chi connectivity index (χ2n) is 5.55.